The molecule has 3 aromatic heterocycles. The molecule has 0 saturated carbocycles. The standard InChI is InChI=1S/C36H41N5O6S/c1-9-23-18-22(19-28(37-23)39-14-16-45-17-15-39)25-11-10-24-26(38-25)12-13-27-29(24)30-31(48-27)32(42)41(34(44)47-36(6,7)8)21(2)20-40(30)33(43)46-35(3,4)5/h9-13,18-19,21H,1,14-17,20H2,2-8H3/t21-/m1/s1. The highest BCUT2D eigenvalue weighted by Gasteiger charge is 2.42. The minimum absolute atomic E-state index is 0.0201. The molecule has 6 rings (SSSR count). The number of thiophene rings is 1. The summed E-state index contributed by atoms with van der Waals surface area (Å²) >= 11 is 1.23. The fourth-order valence-corrected chi connectivity index (χ4v) is 7.06. The van der Waals surface area contributed by atoms with E-state index >= 15 is 0 Å². The van der Waals surface area contributed by atoms with Crippen LogP contribution < -0.4 is 9.80 Å². The zero-order valence-electron chi connectivity index (χ0n) is 28.5. The van der Waals surface area contributed by atoms with E-state index in [2.05, 4.69) is 11.5 Å². The summed E-state index contributed by atoms with van der Waals surface area (Å²) in [5.74, 6) is 0.308. The van der Waals surface area contributed by atoms with Crippen molar-refractivity contribution >= 4 is 68.0 Å². The van der Waals surface area contributed by atoms with Crippen LogP contribution in [-0.4, -0.2) is 83.1 Å². The van der Waals surface area contributed by atoms with E-state index in [1.165, 1.54) is 16.2 Å². The summed E-state index contributed by atoms with van der Waals surface area (Å²) in [5.41, 5.74) is 1.85. The first kappa shape index (κ1) is 33.4. The summed E-state index contributed by atoms with van der Waals surface area (Å²) in [6.45, 7) is 19.1. The van der Waals surface area contributed by atoms with Gasteiger partial charge in [-0.2, -0.15) is 0 Å². The van der Waals surface area contributed by atoms with Crippen LogP contribution >= 0.6 is 11.3 Å². The van der Waals surface area contributed by atoms with Gasteiger partial charge in [0.2, 0.25) is 0 Å². The van der Waals surface area contributed by atoms with Gasteiger partial charge >= 0.3 is 12.2 Å². The molecule has 2 aliphatic heterocycles. The van der Waals surface area contributed by atoms with Crippen molar-refractivity contribution in [2.45, 2.75) is 65.7 Å². The minimum Gasteiger partial charge on any atom is -0.443 e. The van der Waals surface area contributed by atoms with Gasteiger partial charge in [-0.05, 0) is 90.9 Å². The molecule has 1 aromatic carbocycles. The highest BCUT2D eigenvalue weighted by Crippen LogP contribution is 2.45. The SMILES string of the molecule is C=Cc1cc(-c2ccc3c(ccc4sc5c(c43)N(C(=O)OC(C)(C)C)C[C@@H](C)N(C(=O)OC(C)(C)C)C5=O)n2)cc(N2CCOCC2)n1. The molecule has 4 aromatic rings. The lowest BCUT2D eigenvalue weighted by molar-refractivity contribution is 0.0182. The fraction of sp³-hybridized carbons (Fsp3) is 0.417. The van der Waals surface area contributed by atoms with Gasteiger partial charge in [-0.15, -0.1) is 11.3 Å². The first-order chi connectivity index (χ1) is 22.6. The third kappa shape index (κ3) is 6.59. The maximum atomic E-state index is 14.2. The van der Waals surface area contributed by atoms with Gasteiger partial charge in [0, 0.05) is 34.1 Å². The van der Waals surface area contributed by atoms with Crippen LogP contribution in [0.2, 0.25) is 0 Å². The third-order valence-corrected chi connectivity index (χ3v) is 9.08. The van der Waals surface area contributed by atoms with E-state index in [1.54, 1.807) is 54.5 Å². The average Bonchev–Trinajstić information content (AvgIpc) is 3.37. The highest BCUT2D eigenvalue weighted by atomic mass is 32.1. The molecule has 0 radical (unpaired) electrons. The number of carbonyl (C=O) groups excluding carboxylic acids is 3. The molecule has 0 spiro atoms. The Morgan fingerprint density at radius 1 is 0.979 bits per heavy atom. The Bertz CT molecular complexity index is 1940. The van der Waals surface area contributed by atoms with E-state index < -0.39 is 35.3 Å². The van der Waals surface area contributed by atoms with Gasteiger partial charge in [0.1, 0.15) is 21.9 Å². The molecular weight excluding hydrogens is 630 g/mol. The molecule has 2 aliphatic rings. The second kappa shape index (κ2) is 12.5. The molecule has 0 aliphatic carbocycles. The lowest BCUT2D eigenvalue weighted by Gasteiger charge is -2.31. The first-order valence-electron chi connectivity index (χ1n) is 16.0. The molecule has 0 unspecified atom stereocenters. The number of hydrogen-bond donors (Lipinski definition) is 0. The van der Waals surface area contributed by atoms with E-state index in [-0.39, 0.29) is 11.4 Å². The normalized spacial score (nSPS) is 17.4. The maximum absolute atomic E-state index is 14.2. The zero-order valence-corrected chi connectivity index (χ0v) is 29.3. The van der Waals surface area contributed by atoms with Crippen LogP contribution in [-0.2, 0) is 14.2 Å². The Labute approximate surface area is 284 Å². The van der Waals surface area contributed by atoms with Crippen LogP contribution in [0, 0.1) is 0 Å². The second-order valence-corrected chi connectivity index (χ2v) is 15.1. The minimum atomic E-state index is -0.818. The molecule has 252 valence electrons. The molecule has 11 nitrogen and oxygen atoms in total. The number of aromatic nitrogens is 2. The number of fused-ring (bicyclic) bond motifs is 5. The van der Waals surface area contributed by atoms with Gasteiger partial charge in [-0.3, -0.25) is 9.69 Å². The van der Waals surface area contributed by atoms with Crippen molar-refractivity contribution in [2.75, 3.05) is 42.6 Å². The maximum Gasteiger partial charge on any atom is 0.417 e. The lowest BCUT2D eigenvalue weighted by atomic mass is 10.1. The quantitative estimate of drug-likeness (QED) is 0.218. The van der Waals surface area contributed by atoms with Crippen molar-refractivity contribution in [2.24, 2.45) is 0 Å². The van der Waals surface area contributed by atoms with Crippen LogP contribution in [0.4, 0.5) is 21.1 Å². The van der Waals surface area contributed by atoms with Crippen molar-refractivity contribution in [3.63, 3.8) is 0 Å². The van der Waals surface area contributed by atoms with Crippen molar-refractivity contribution in [1.82, 2.24) is 14.9 Å². The van der Waals surface area contributed by atoms with Gasteiger partial charge in [-0.25, -0.2) is 24.5 Å². The van der Waals surface area contributed by atoms with Crippen LogP contribution in [0.25, 0.3) is 38.3 Å². The van der Waals surface area contributed by atoms with Gasteiger partial charge in [-0.1, -0.05) is 6.58 Å². The number of amides is 3. The first-order valence-corrected chi connectivity index (χ1v) is 16.9. The molecule has 12 heteroatoms. The summed E-state index contributed by atoms with van der Waals surface area (Å²) in [6.07, 6.45) is 0.348. The van der Waals surface area contributed by atoms with Crippen molar-refractivity contribution in [3.8, 4) is 11.3 Å². The summed E-state index contributed by atoms with van der Waals surface area (Å²) in [6, 6.07) is 11.0. The highest BCUT2D eigenvalue weighted by molar-refractivity contribution is 7.21. The Balaban J connectivity index is 1.50. The average molecular weight is 672 g/mol. The van der Waals surface area contributed by atoms with E-state index in [0.717, 1.165) is 50.8 Å². The Morgan fingerprint density at radius 2 is 1.67 bits per heavy atom. The number of nitrogens with zero attached hydrogens (tertiary/aromatic N) is 5. The molecular formula is C36H41N5O6S. The predicted molar refractivity (Wildman–Crippen MR) is 189 cm³/mol. The number of rotatable bonds is 3. The third-order valence-electron chi connectivity index (χ3n) is 7.94. The van der Waals surface area contributed by atoms with Crippen LogP contribution in [0.15, 0.2) is 43.0 Å². The fourth-order valence-electron chi connectivity index (χ4n) is 5.90. The predicted octanol–water partition coefficient (Wildman–Crippen LogP) is 7.51. The van der Waals surface area contributed by atoms with Crippen molar-refractivity contribution in [3.05, 3.63) is 53.5 Å². The lowest BCUT2D eigenvalue weighted by Crippen LogP contribution is -2.49. The van der Waals surface area contributed by atoms with Crippen LogP contribution in [0.1, 0.15) is 63.8 Å². The molecule has 1 atom stereocenters. The van der Waals surface area contributed by atoms with Gasteiger partial charge in [0.05, 0.1) is 48.4 Å². The van der Waals surface area contributed by atoms with Crippen molar-refractivity contribution in [1.29, 1.82) is 0 Å². The molecule has 0 N–H and O–H groups in total. The van der Waals surface area contributed by atoms with Gasteiger partial charge in [0.15, 0.2) is 0 Å². The number of hydrogen-bond acceptors (Lipinski definition) is 10. The smallest absolute Gasteiger partial charge is 0.417 e. The van der Waals surface area contributed by atoms with Crippen molar-refractivity contribution < 1.29 is 28.6 Å². The Kier molecular flexibility index (Phi) is 8.67. The van der Waals surface area contributed by atoms with Gasteiger partial charge < -0.3 is 19.1 Å². The van der Waals surface area contributed by atoms with E-state index in [0.29, 0.717) is 29.8 Å². The molecule has 3 amide bonds. The van der Waals surface area contributed by atoms with E-state index in [4.69, 9.17) is 24.2 Å². The Morgan fingerprint density at radius 3 is 2.33 bits per heavy atom. The number of pyridine rings is 2. The molecule has 0 bridgehead atoms. The number of benzene rings is 1. The second-order valence-electron chi connectivity index (χ2n) is 14.0. The number of ether oxygens (including phenoxy) is 3. The summed E-state index contributed by atoms with van der Waals surface area (Å²) in [7, 11) is 0. The Hall–Kier alpha value is -4.55. The summed E-state index contributed by atoms with van der Waals surface area (Å²) < 4.78 is 17.8. The van der Waals surface area contributed by atoms with E-state index in [9.17, 15) is 14.4 Å². The number of morpholine rings is 1. The van der Waals surface area contributed by atoms with Crippen LogP contribution in [0.3, 0.4) is 0 Å². The number of anilines is 2. The topological polar surface area (TPSA) is 114 Å². The number of imide groups is 1. The number of carbonyl (C=O) groups is 3. The van der Waals surface area contributed by atoms with E-state index in [1.807, 2.05) is 36.4 Å². The largest absolute Gasteiger partial charge is 0.443 e. The molecule has 1 fully saturated rings. The van der Waals surface area contributed by atoms with Crippen LogP contribution in [0.5, 0.6) is 0 Å². The monoisotopic (exact) mass is 671 g/mol. The summed E-state index contributed by atoms with van der Waals surface area (Å²) in [4.78, 5) is 56.3. The molecule has 5 heterocycles. The van der Waals surface area contributed by atoms with Gasteiger partial charge in [0.25, 0.3) is 5.91 Å². The summed E-state index contributed by atoms with van der Waals surface area (Å²) in [5, 5.41) is 1.46. The molecule has 48 heavy (non-hydrogen) atoms. The zero-order chi connectivity index (χ0) is 34.5. The molecule has 1 saturated heterocycles.